The van der Waals surface area contributed by atoms with Crippen LogP contribution in [0.5, 0.6) is 0 Å². The average molecular weight is 352 g/mol. The number of aromatic amines is 1. The molecule has 0 fully saturated rings. The molecule has 0 bridgehead atoms. The molecule has 0 radical (unpaired) electrons. The Morgan fingerprint density at radius 3 is 2.46 bits per heavy atom. The number of primary amides is 1. The van der Waals surface area contributed by atoms with Crippen molar-refractivity contribution < 1.29 is 9.59 Å². The van der Waals surface area contributed by atoms with Crippen molar-refractivity contribution in [3.8, 4) is 0 Å². The summed E-state index contributed by atoms with van der Waals surface area (Å²) in [5, 5.41) is 2.84. The highest BCUT2D eigenvalue weighted by molar-refractivity contribution is 6.03. The third-order valence-electron chi connectivity index (χ3n) is 4.05. The quantitative estimate of drug-likeness (QED) is 0.647. The van der Waals surface area contributed by atoms with Gasteiger partial charge < -0.3 is 16.0 Å². The van der Waals surface area contributed by atoms with E-state index in [-0.39, 0.29) is 11.3 Å². The Bertz CT molecular complexity index is 1130. The van der Waals surface area contributed by atoms with Crippen LogP contribution in [0.2, 0.25) is 0 Å². The zero-order chi connectivity index (χ0) is 18.8. The van der Waals surface area contributed by atoms with Gasteiger partial charge in [-0.15, -0.1) is 0 Å². The molecular weight excluding hydrogens is 336 g/mol. The number of nitrogens with zero attached hydrogens (tertiary/aromatic N) is 1. The molecule has 1 heterocycles. The van der Waals surface area contributed by atoms with Crippen LogP contribution in [-0.4, -0.2) is 21.4 Å². The molecular formula is C18H16N4O4. The Morgan fingerprint density at radius 1 is 1.08 bits per heavy atom. The highest BCUT2D eigenvalue weighted by Crippen LogP contribution is 2.16. The number of para-hydroxylation sites is 2. The molecule has 0 aliphatic rings. The molecule has 0 saturated carbocycles. The topological polar surface area (TPSA) is 127 Å². The highest BCUT2D eigenvalue weighted by atomic mass is 16.2. The van der Waals surface area contributed by atoms with Crippen LogP contribution in [-0.2, 0) is 4.79 Å². The minimum absolute atomic E-state index is 0.132. The number of benzene rings is 2. The largest absolute Gasteiger partial charge is 0.366 e. The Kier molecular flexibility index (Phi) is 4.40. The van der Waals surface area contributed by atoms with E-state index < -0.39 is 29.1 Å². The van der Waals surface area contributed by atoms with Gasteiger partial charge in [-0.1, -0.05) is 24.3 Å². The van der Waals surface area contributed by atoms with E-state index in [0.717, 1.165) is 4.57 Å². The summed E-state index contributed by atoms with van der Waals surface area (Å²) < 4.78 is 0.838. The average Bonchev–Trinajstić information content (AvgIpc) is 2.61. The summed E-state index contributed by atoms with van der Waals surface area (Å²) >= 11 is 0. The van der Waals surface area contributed by atoms with E-state index in [1.807, 2.05) is 0 Å². The summed E-state index contributed by atoms with van der Waals surface area (Å²) in [6, 6.07) is 11.7. The summed E-state index contributed by atoms with van der Waals surface area (Å²) in [7, 11) is 0. The number of aromatic nitrogens is 2. The third kappa shape index (κ3) is 3.00. The van der Waals surface area contributed by atoms with Gasteiger partial charge in [-0.05, 0) is 31.2 Å². The first-order valence-electron chi connectivity index (χ1n) is 7.83. The van der Waals surface area contributed by atoms with E-state index in [9.17, 15) is 19.2 Å². The smallest absolute Gasteiger partial charge is 0.329 e. The van der Waals surface area contributed by atoms with Gasteiger partial charge in [-0.25, -0.2) is 9.36 Å². The van der Waals surface area contributed by atoms with Gasteiger partial charge in [0.2, 0.25) is 5.91 Å². The first-order valence-corrected chi connectivity index (χ1v) is 7.83. The Morgan fingerprint density at radius 2 is 1.73 bits per heavy atom. The third-order valence-corrected chi connectivity index (χ3v) is 4.05. The van der Waals surface area contributed by atoms with Gasteiger partial charge in [0.15, 0.2) is 0 Å². The van der Waals surface area contributed by atoms with Gasteiger partial charge in [0.1, 0.15) is 6.04 Å². The van der Waals surface area contributed by atoms with E-state index in [0.29, 0.717) is 10.9 Å². The van der Waals surface area contributed by atoms with Crippen LogP contribution in [0.1, 0.15) is 23.3 Å². The SMILES string of the molecule is CC(C(=O)Nc1ccccc1C(N)=O)n1c(=O)[nH]c2ccccc2c1=O. The monoisotopic (exact) mass is 352 g/mol. The maximum Gasteiger partial charge on any atom is 0.329 e. The van der Waals surface area contributed by atoms with E-state index in [4.69, 9.17) is 5.73 Å². The Hall–Kier alpha value is -3.68. The molecule has 8 heteroatoms. The van der Waals surface area contributed by atoms with Crippen LogP contribution < -0.4 is 22.3 Å². The number of carbonyl (C=O) groups is 2. The van der Waals surface area contributed by atoms with Crippen LogP contribution in [0, 0.1) is 0 Å². The summed E-state index contributed by atoms with van der Waals surface area (Å²) in [6.07, 6.45) is 0. The zero-order valence-electron chi connectivity index (χ0n) is 13.9. The van der Waals surface area contributed by atoms with Crippen molar-refractivity contribution >= 4 is 28.4 Å². The molecule has 3 aromatic rings. The van der Waals surface area contributed by atoms with Crippen molar-refractivity contribution in [3.63, 3.8) is 0 Å². The first kappa shape index (κ1) is 17.2. The van der Waals surface area contributed by atoms with Crippen LogP contribution in [0.3, 0.4) is 0 Å². The van der Waals surface area contributed by atoms with Gasteiger partial charge in [0, 0.05) is 0 Å². The van der Waals surface area contributed by atoms with Crippen LogP contribution in [0.4, 0.5) is 5.69 Å². The van der Waals surface area contributed by atoms with Crippen LogP contribution >= 0.6 is 0 Å². The molecule has 0 aliphatic carbocycles. The van der Waals surface area contributed by atoms with Crippen molar-refractivity contribution in [1.29, 1.82) is 0 Å². The number of nitrogens with two attached hydrogens (primary N) is 1. The second-order valence-electron chi connectivity index (χ2n) is 5.73. The molecule has 4 N–H and O–H groups in total. The van der Waals surface area contributed by atoms with Crippen LogP contribution in [0.25, 0.3) is 10.9 Å². The standard InChI is InChI=1S/C18H16N4O4/c1-10(16(24)20-13-8-4-2-6-11(13)15(19)23)22-17(25)12-7-3-5-9-14(12)21-18(22)26/h2-10H,1H3,(H2,19,23)(H,20,24)(H,21,26). The van der Waals surface area contributed by atoms with Crippen molar-refractivity contribution in [2.45, 2.75) is 13.0 Å². The number of fused-ring (bicyclic) bond motifs is 1. The summed E-state index contributed by atoms with van der Waals surface area (Å²) in [6.45, 7) is 1.42. The van der Waals surface area contributed by atoms with Crippen molar-refractivity contribution in [3.05, 3.63) is 74.9 Å². The summed E-state index contributed by atoms with van der Waals surface area (Å²) in [5.74, 6) is -1.32. The number of carbonyl (C=O) groups excluding carboxylic acids is 2. The lowest BCUT2D eigenvalue weighted by Gasteiger charge is -2.16. The Balaban J connectivity index is 2.00. The molecule has 0 aliphatic heterocycles. The van der Waals surface area contributed by atoms with Crippen molar-refractivity contribution in [2.24, 2.45) is 5.73 Å². The first-order chi connectivity index (χ1) is 12.4. The molecule has 0 spiro atoms. The molecule has 2 amide bonds. The van der Waals surface area contributed by atoms with Gasteiger partial charge >= 0.3 is 5.69 Å². The maximum atomic E-state index is 12.6. The number of hydrogen-bond acceptors (Lipinski definition) is 4. The van der Waals surface area contributed by atoms with E-state index in [1.54, 1.807) is 36.4 Å². The molecule has 0 saturated heterocycles. The number of amides is 2. The molecule has 1 unspecified atom stereocenters. The fourth-order valence-electron chi connectivity index (χ4n) is 2.69. The van der Waals surface area contributed by atoms with Crippen LogP contribution in [0.15, 0.2) is 58.1 Å². The summed E-state index contributed by atoms with van der Waals surface area (Å²) in [4.78, 5) is 51.5. The predicted octanol–water partition coefficient (Wildman–Crippen LogP) is 0.988. The van der Waals surface area contributed by atoms with Gasteiger partial charge in [-0.2, -0.15) is 0 Å². The van der Waals surface area contributed by atoms with Gasteiger partial charge in [-0.3, -0.25) is 14.4 Å². The summed E-state index contributed by atoms with van der Waals surface area (Å²) in [5.41, 5.74) is 4.76. The minimum atomic E-state index is -1.10. The molecule has 8 nitrogen and oxygen atoms in total. The minimum Gasteiger partial charge on any atom is -0.366 e. The number of hydrogen-bond donors (Lipinski definition) is 3. The second-order valence-corrected chi connectivity index (χ2v) is 5.73. The van der Waals surface area contributed by atoms with E-state index in [2.05, 4.69) is 10.3 Å². The van der Waals surface area contributed by atoms with E-state index in [1.165, 1.54) is 19.1 Å². The number of anilines is 1. The normalized spacial score (nSPS) is 11.9. The lowest BCUT2D eigenvalue weighted by atomic mass is 10.1. The fraction of sp³-hybridized carbons (Fsp3) is 0.111. The molecule has 1 atom stereocenters. The maximum absolute atomic E-state index is 12.6. The lowest BCUT2D eigenvalue weighted by molar-refractivity contribution is -0.119. The van der Waals surface area contributed by atoms with Crippen molar-refractivity contribution in [2.75, 3.05) is 5.32 Å². The molecule has 26 heavy (non-hydrogen) atoms. The molecule has 3 rings (SSSR count). The van der Waals surface area contributed by atoms with Gasteiger partial charge in [0.05, 0.1) is 22.2 Å². The zero-order valence-corrected chi connectivity index (χ0v) is 13.9. The fourth-order valence-corrected chi connectivity index (χ4v) is 2.69. The van der Waals surface area contributed by atoms with Crippen molar-refractivity contribution in [1.82, 2.24) is 9.55 Å². The van der Waals surface area contributed by atoms with Gasteiger partial charge in [0.25, 0.3) is 11.5 Å². The highest BCUT2D eigenvalue weighted by Gasteiger charge is 2.21. The Labute approximate surface area is 147 Å². The second kappa shape index (κ2) is 6.67. The molecule has 1 aromatic heterocycles. The number of H-pyrrole nitrogens is 1. The molecule has 132 valence electrons. The number of nitrogens with one attached hydrogen (secondary N) is 2. The van der Waals surface area contributed by atoms with E-state index >= 15 is 0 Å². The molecule has 2 aromatic carbocycles. The predicted molar refractivity (Wildman–Crippen MR) is 97.1 cm³/mol. The lowest BCUT2D eigenvalue weighted by Crippen LogP contribution is -2.41. The number of rotatable bonds is 4.